The normalized spacial score (nSPS) is 18.7. The minimum absolute atomic E-state index is 0.000613. The lowest BCUT2D eigenvalue weighted by Gasteiger charge is -2.32. The minimum atomic E-state index is -1.36. The summed E-state index contributed by atoms with van der Waals surface area (Å²) in [7, 11) is -0.777. The summed E-state index contributed by atoms with van der Waals surface area (Å²) in [6.45, 7) is 9.90. The molecule has 1 fully saturated rings. The third-order valence-electron chi connectivity index (χ3n) is 4.57. The van der Waals surface area contributed by atoms with Gasteiger partial charge in [-0.3, -0.25) is 0 Å². The molecule has 7 heteroatoms. The molecular formula is C17H24BFO5. The predicted octanol–water partition coefficient (Wildman–Crippen LogP) is 3.00. The Morgan fingerprint density at radius 3 is 2.33 bits per heavy atom. The Bertz CT molecular complexity index is 614. The number of benzene rings is 1. The van der Waals surface area contributed by atoms with E-state index < -0.39 is 35.7 Å². The summed E-state index contributed by atoms with van der Waals surface area (Å²) < 4.78 is 31.6. The van der Waals surface area contributed by atoms with Crippen molar-refractivity contribution in [2.75, 3.05) is 6.61 Å². The molecule has 2 rings (SSSR count). The lowest BCUT2D eigenvalue weighted by Crippen LogP contribution is -2.41. The molecule has 0 spiro atoms. The van der Waals surface area contributed by atoms with Crippen molar-refractivity contribution in [3.8, 4) is 5.75 Å². The number of aromatic carboxylic acids is 1. The molecule has 1 aromatic rings. The fourth-order valence-electron chi connectivity index (χ4n) is 2.36. The van der Waals surface area contributed by atoms with Gasteiger partial charge < -0.3 is 19.2 Å². The minimum Gasteiger partial charge on any atom is -0.493 e. The van der Waals surface area contributed by atoms with Crippen LogP contribution in [0.25, 0.3) is 0 Å². The zero-order valence-corrected chi connectivity index (χ0v) is 14.8. The SMILES string of the molecule is CCCCOc1cc(B2OC(C)(C)C(C)(C)O2)cc(F)c1C(=O)O. The predicted molar refractivity (Wildman–Crippen MR) is 89.5 cm³/mol. The molecule has 0 radical (unpaired) electrons. The second-order valence-corrected chi connectivity index (χ2v) is 6.97. The van der Waals surface area contributed by atoms with Crippen LogP contribution >= 0.6 is 0 Å². The molecule has 132 valence electrons. The van der Waals surface area contributed by atoms with Gasteiger partial charge in [0.1, 0.15) is 17.1 Å². The maximum atomic E-state index is 14.3. The molecule has 1 saturated heterocycles. The van der Waals surface area contributed by atoms with Crippen LogP contribution < -0.4 is 10.2 Å². The molecule has 1 aromatic carbocycles. The monoisotopic (exact) mass is 338 g/mol. The quantitative estimate of drug-likeness (QED) is 0.638. The van der Waals surface area contributed by atoms with Crippen molar-refractivity contribution < 1.29 is 28.3 Å². The maximum Gasteiger partial charge on any atom is 0.495 e. The van der Waals surface area contributed by atoms with Crippen molar-refractivity contribution in [2.45, 2.75) is 58.7 Å². The molecular weight excluding hydrogens is 314 g/mol. The zero-order valence-electron chi connectivity index (χ0n) is 14.8. The van der Waals surface area contributed by atoms with Crippen molar-refractivity contribution >= 4 is 18.6 Å². The molecule has 1 aliphatic heterocycles. The van der Waals surface area contributed by atoms with E-state index >= 15 is 0 Å². The number of ether oxygens (including phenoxy) is 1. The van der Waals surface area contributed by atoms with Crippen LogP contribution in [0.3, 0.4) is 0 Å². The summed E-state index contributed by atoms with van der Waals surface area (Å²) >= 11 is 0. The zero-order chi connectivity index (χ0) is 18.1. The van der Waals surface area contributed by atoms with E-state index in [1.165, 1.54) is 6.07 Å². The molecule has 0 amide bonds. The van der Waals surface area contributed by atoms with Crippen LogP contribution in [0.4, 0.5) is 4.39 Å². The number of halogens is 1. The molecule has 0 aromatic heterocycles. The van der Waals surface area contributed by atoms with Gasteiger partial charge in [0, 0.05) is 0 Å². The number of unbranched alkanes of at least 4 members (excludes halogenated alkanes) is 1. The third kappa shape index (κ3) is 3.57. The van der Waals surface area contributed by atoms with Crippen molar-refractivity contribution in [3.63, 3.8) is 0 Å². The Kier molecular flexibility index (Phi) is 5.25. The molecule has 0 atom stereocenters. The Hall–Kier alpha value is -1.60. The van der Waals surface area contributed by atoms with Crippen LogP contribution in [-0.4, -0.2) is 36.0 Å². The number of carbonyl (C=O) groups is 1. The van der Waals surface area contributed by atoms with Gasteiger partial charge in [0.05, 0.1) is 17.8 Å². The van der Waals surface area contributed by atoms with E-state index in [0.29, 0.717) is 12.1 Å². The Balaban J connectivity index is 2.37. The van der Waals surface area contributed by atoms with Gasteiger partial charge in [-0.2, -0.15) is 0 Å². The summed E-state index contributed by atoms with van der Waals surface area (Å²) in [5, 5.41) is 9.24. The summed E-state index contributed by atoms with van der Waals surface area (Å²) in [6, 6.07) is 2.63. The van der Waals surface area contributed by atoms with E-state index in [1.807, 2.05) is 34.6 Å². The summed E-state index contributed by atoms with van der Waals surface area (Å²) in [4.78, 5) is 11.3. The summed E-state index contributed by atoms with van der Waals surface area (Å²) in [5.74, 6) is -2.22. The number of carboxylic acids is 1. The fourth-order valence-corrected chi connectivity index (χ4v) is 2.36. The van der Waals surface area contributed by atoms with Gasteiger partial charge in [-0.1, -0.05) is 13.3 Å². The van der Waals surface area contributed by atoms with Crippen molar-refractivity contribution in [2.24, 2.45) is 0 Å². The van der Waals surface area contributed by atoms with Gasteiger partial charge in [0.15, 0.2) is 0 Å². The fraction of sp³-hybridized carbons (Fsp3) is 0.588. The van der Waals surface area contributed by atoms with Gasteiger partial charge in [-0.15, -0.1) is 0 Å². The van der Waals surface area contributed by atoms with Gasteiger partial charge in [0.25, 0.3) is 0 Å². The first-order valence-electron chi connectivity index (χ1n) is 8.14. The van der Waals surface area contributed by atoms with E-state index in [4.69, 9.17) is 14.0 Å². The second kappa shape index (κ2) is 6.72. The third-order valence-corrected chi connectivity index (χ3v) is 4.57. The van der Waals surface area contributed by atoms with E-state index in [2.05, 4.69) is 0 Å². The highest BCUT2D eigenvalue weighted by molar-refractivity contribution is 6.62. The first-order valence-corrected chi connectivity index (χ1v) is 8.14. The summed E-state index contributed by atoms with van der Waals surface area (Å²) in [6.07, 6.45) is 1.64. The number of hydrogen-bond donors (Lipinski definition) is 1. The van der Waals surface area contributed by atoms with Crippen molar-refractivity contribution in [1.29, 1.82) is 0 Å². The Morgan fingerprint density at radius 2 is 1.83 bits per heavy atom. The number of hydrogen-bond acceptors (Lipinski definition) is 4. The number of rotatable bonds is 6. The smallest absolute Gasteiger partial charge is 0.493 e. The molecule has 5 nitrogen and oxygen atoms in total. The molecule has 0 bridgehead atoms. The van der Waals surface area contributed by atoms with Gasteiger partial charge in [-0.25, -0.2) is 9.18 Å². The molecule has 0 saturated carbocycles. The lowest BCUT2D eigenvalue weighted by atomic mass is 9.78. The topological polar surface area (TPSA) is 65.0 Å². The molecule has 1 aliphatic rings. The second-order valence-electron chi connectivity index (χ2n) is 6.97. The van der Waals surface area contributed by atoms with Crippen molar-refractivity contribution in [1.82, 2.24) is 0 Å². The highest BCUT2D eigenvalue weighted by Gasteiger charge is 2.52. The average molecular weight is 338 g/mol. The number of carboxylic acid groups (broad SMARTS) is 1. The first-order chi connectivity index (χ1) is 11.1. The Labute approximate surface area is 142 Å². The lowest BCUT2D eigenvalue weighted by molar-refractivity contribution is 0.00578. The molecule has 24 heavy (non-hydrogen) atoms. The molecule has 0 aliphatic carbocycles. The van der Waals surface area contributed by atoms with Gasteiger partial charge in [-0.05, 0) is 51.7 Å². The average Bonchev–Trinajstić information content (AvgIpc) is 2.66. The van der Waals surface area contributed by atoms with E-state index in [1.54, 1.807) is 0 Å². The molecule has 1 N–H and O–H groups in total. The van der Waals surface area contributed by atoms with Gasteiger partial charge in [0.2, 0.25) is 0 Å². The van der Waals surface area contributed by atoms with E-state index in [0.717, 1.165) is 18.9 Å². The highest BCUT2D eigenvalue weighted by atomic mass is 19.1. The molecule has 1 heterocycles. The van der Waals surface area contributed by atoms with E-state index in [9.17, 15) is 14.3 Å². The van der Waals surface area contributed by atoms with Crippen LogP contribution in [-0.2, 0) is 9.31 Å². The standard InChI is InChI=1S/C17H24BFO5/c1-6-7-8-22-13-10-11(9-12(19)14(13)15(20)21)18-23-16(2,3)17(4,5)24-18/h9-10H,6-8H2,1-5H3,(H,20,21). The van der Waals surface area contributed by atoms with Crippen LogP contribution in [0.2, 0.25) is 0 Å². The van der Waals surface area contributed by atoms with Crippen LogP contribution in [0.5, 0.6) is 5.75 Å². The van der Waals surface area contributed by atoms with Crippen LogP contribution in [0.1, 0.15) is 57.8 Å². The summed E-state index contributed by atoms with van der Waals surface area (Å²) in [5.41, 5.74) is -1.19. The van der Waals surface area contributed by atoms with Crippen molar-refractivity contribution in [3.05, 3.63) is 23.5 Å². The maximum absolute atomic E-state index is 14.3. The van der Waals surface area contributed by atoms with Crippen LogP contribution in [0, 0.1) is 5.82 Å². The van der Waals surface area contributed by atoms with E-state index in [-0.39, 0.29) is 5.75 Å². The van der Waals surface area contributed by atoms with Crippen LogP contribution in [0.15, 0.2) is 12.1 Å². The molecule has 0 unspecified atom stereocenters. The Morgan fingerprint density at radius 1 is 1.25 bits per heavy atom. The largest absolute Gasteiger partial charge is 0.495 e. The highest BCUT2D eigenvalue weighted by Crippen LogP contribution is 2.37. The van der Waals surface area contributed by atoms with Gasteiger partial charge >= 0.3 is 13.1 Å². The first kappa shape index (κ1) is 18.7.